The highest BCUT2D eigenvalue weighted by molar-refractivity contribution is 5.86. The van der Waals surface area contributed by atoms with E-state index in [4.69, 9.17) is 0 Å². The summed E-state index contributed by atoms with van der Waals surface area (Å²) in [6.45, 7) is 4.31. The van der Waals surface area contributed by atoms with Crippen LogP contribution in [0.4, 0.5) is 17.3 Å². The fraction of sp³-hybridized carbons (Fsp3) is 0.133. The highest BCUT2D eigenvalue weighted by Gasteiger charge is 2.48. The molecule has 7 rings (SSSR count). The Hall–Kier alpha value is -4.67. The van der Waals surface area contributed by atoms with Crippen molar-refractivity contribution in [1.29, 1.82) is 0 Å². The molecule has 36 heavy (non-hydrogen) atoms. The number of H-pyrrole nitrogens is 1. The largest absolute Gasteiger partial charge is 0.479 e. The molecule has 1 aliphatic heterocycles. The van der Waals surface area contributed by atoms with Gasteiger partial charge in [0.15, 0.2) is 11.9 Å². The lowest BCUT2D eigenvalue weighted by Gasteiger charge is -2.32. The van der Waals surface area contributed by atoms with Gasteiger partial charge in [0.05, 0.1) is 17.3 Å². The first-order valence-electron chi connectivity index (χ1n) is 12.0. The maximum absolute atomic E-state index is 4.60. The van der Waals surface area contributed by atoms with Crippen molar-refractivity contribution in [1.82, 2.24) is 24.7 Å². The molecule has 0 bridgehead atoms. The van der Waals surface area contributed by atoms with Crippen molar-refractivity contribution in [2.75, 3.05) is 7.05 Å². The van der Waals surface area contributed by atoms with Gasteiger partial charge in [0.2, 0.25) is 0 Å². The van der Waals surface area contributed by atoms with E-state index in [1.807, 2.05) is 22.4 Å². The first kappa shape index (κ1) is 20.7. The molecule has 5 aromatic rings. The fourth-order valence-electron chi connectivity index (χ4n) is 5.79. The summed E-state index contributed by atoms with van der Waals surface area (Å²) in [5.41, 5.74) is 10.1. The molecule has 0 fully saturated rings. The molecule has 0 atom stereocenters. The molecule has 172 valence electrons. The first-order chi connectivity index (χ1) is 17.6. The SMILES string of the molecule is Cc1ccc2c(c1)C(c1cccc([N+]3=C=[N+](C)c4nccnc43)c1)(c1ccn[nH]1)c1cc(C)ccc1-2. The summed E-state index contributed by atoms with van der Waals surface area (Å²) in [6, 6.07) is 27.7. The Kier molecular flexibility index (Phi) is 4.26. The Labute approximate surface area is 209 Å². The first-order valence-corrected chi connectivity index (χ1v) is 12.0. The molecule has 3 heterocycles. The second-order valence-electron chi connectivity index (χ2n) is 9.57. The topological polar surface area (TPSA) is 60.5 Å². The minimum atomic E-state index is -0.536. The van der Waals surface area contributed by atoms with Gasteiger partial charge in [-0.15, -0.1) is 4.58 Å². The Bertz CT molecular complexity index is 1710. The lowest BCUT2D eigenvalue weighted by Crippen LogP contribution is -2.29. The number of nitrogens with zero attached hydrogens (tertiary/aromatic N) is 5. The minimum Gasteiger partial charge on any atom is -0.281 e. The molecule has 1 aliphatic carbocycles. The van der Waals surface area contributed by atoms with E-state index in [0.29, 0.717) is 0 Å². The van der Waals surface area contributed by atoms with E-state index in [9.17, 15) is 0 Å². The molecular formula is C30H24N6+2. The summed E-state index contributed by atoms with van der Waals surface area (Å²) in [5, 5.41) is 7.74. The van der Waals surface area contributed by atoms with Gasteiger partial charge in [0.25, 0.3) is 0 Å². The Morgan fingerprint density at radius 1 is 0.778 bits per heavy atom. The third kappa shape index (κ3) is 2.70. The van der Waals surface area contributed by atoms with E-state index >= 15 is 0 Å². The van der Waals surface area contributed by atoms with Crippen LogP contribution >= 0.6 is 0 Å². The minimum absolute atomic E-state index is 0.536. The molecule has 6 heteroatoms. The molecule has 0 saturated carbocycles. The summed E-state index contributed by atoms with van der Waals surface area (Å²) in [5.74, 6) is 1.56. The number of fused-ring (bicyclic) bond motifs is 4. The smallest absolute Gasteiger partial charge is 0.281 e. The monoisotopic (exact) mass is 468 g/mol. The Morgan fingerprint density at radius 3 is 2.14 bits per heavy atom. The van der Waals surface area contributed by atoms with Gasteiger partial charge in [0.1, 0.15) is 7.05 Å². The number of aromatic nitrogens is 4. The van der Waals surface area contributed by atoms with Crippen LogP contribution in [-0.4, -0.2) is 37.8 Å². The van der Waals surface area contributed by atoms with Crippen LogP contribution in [0.1, 0.15) is 33.5 Å². The third-order valence-corrected chi connectivity index (χ3v) is 7.33. The van der Waals surface area contributed by atoms with E-state index in [1.54, 1.807) is 12.4 Å². The zero-order valence-corrected chi connectivity index (χ0v) is 20.3. The summed E-state index contributed by atoms with van der Waals surface area (Å²) in [7, 11) is 1.94. The Morgan fingerprint density at radius 2 is 1.47 bits per heavy atom. The van der Waals surface area contributed by atoms with Crippen LogP contribution in [0.25, 0.3) is 11.1 Å². The van der Waals surface area contributed by atoms with Gasteiger partial charge in [-0.1, -0.05) is 64.2 Å². The highest BCUT2D eigenvalue weighted by Crippen LogP contribution is 2.56. The van der Waals surface area contributed by atoms with Crippen molar-refractivity contribution >= 4 is 23.3 Å². The van der Waals surface area contributed by atoms with Crippen LogP contribution < -0.4 is 4.58 Å². The number of aryl methyl sites for hydroxylation is 2. The van der Waals surface area contributed by atoms with Crippen molar-refractivity contribution in [3.63, 3.8) is 0 Å². The lowest BCUT2D eigenvalue weighted by atomic mass is 9.69. The van der Waals surface area contributed by atoms with Gasteiger partial charge in [-0.05, 0) is 59.9 Å². The molecule has 2 aromatic heterocycles. The second-order valence-corrected chi connectivity index (χ2v) is 9.57. The van der Waals surface area contributed by atoms with Crippen LogP contribution in [0.15, 0.2) is 85.3 Å². The summed E-state index contributed by atoms with van der Waals surface area (Å²) in [4.78, 5) is 9.10. The number of nitrogens with one attached hydrogen (secondary N) is 1. The van der Waals surface area contributed by atoms with Gasteiger partial charge >= 0.3 is 17.6 Å². The zero-order chi connectivity index (χ0) is 24.4. The maximum atomic E-state index is 4.60. The summed E-state index contributed by atoms with van der Waals surface area (Å²) in [6.07, 6.45) is 5.27. The molecule has 0 unspecified atom stereocenters. The normalized spacial score (nSPS) is 14.6. The molecule has 0 radical (unpaired) electrons. The van der Waals surface area contributed by atoms with E-state index in [2.05, 4.69) is 107 Å². The van der Waals surface area contributed by atoms with Crippen LogP contribution in [0.5, 0.6) is 0 Å². The van der Waals surface area contributed by atoms with Gasteiger partial charge < -0.3 is 0 Å². The van der Waals surface area contributed by atoms with Gasteiger partial charge in [-0.25, -0.2) is 0 Å². The van der Waals surface area contributed by atoms with E-state index in [1.165, 1.54) is 33.4 Å². The molecule has 6 nitrogen and oxygen atoms in total. The molecule has 1 N–H and O–H groups in total. The lowest BCUT2D eigenvalue weighted by molar-refractivity contribution is -0.398. The molecular weight excluding hydrogens is 444 g/mol. The fourth-order valence-corrected chi connectivity index (χ4v) is 5.79. The van der Waals surface area contributed by atoms with Gasteiger partial charge in [0, 0.05) is 11.2 Å². The Balaban J connectivity index is 1.56. The second kappa shape index (κ2) is 7.41. The third-order valence-electron chi connectivity index (χ3n) is 7.33. The summed E-state index contributed by atoms with van der Waals surface area (Å²) >= 11 is 0. The van der Waals surface area contributed by atoms with Crippen molar-refractivity contribution in [2.24, 2.45) is 0 Å². The van der Waals surface area contributed by atoms with Crippen LogP contribution in [0.3, 0.4) is 0 Å². The number of hydrogen-bond acceptors (Lipinski definition) is 3. The van der Waals surface area contributed by atoms with E-state index in [-0.39, 0.29) is 0 Å². The van der Waals surface area contributed by atoms with Crippen LogP contribution in [-0.2, 0) is 5.41 Å². The average molecular weight is 469 g/mol. The molecule has 2 aliphatic rings. The van der Waals surface area contributed by atoms with Crippen molar-refractivity contribution in [2.45, 2.75) is 19.3 Å². The van der Waals surface area contributed by atoms with E-state index < -0.39 is 5.41 Å². The standard InChI is InChI=1S/C30H24N6/c1-19-7-9-23-24-10-8-20(2)16-26(24)30(25(23)15-19,27-11-12-33-34-27)21-5-4-6-22(17-21)36-18-35(3)28-29(36)32-14-13-31-28/h4-17H,1-3H3,(H,33,34)/q+2. The molecule has 0 spiro atoms. The van der Waals surface area contributed by atoms with Crippen LogP contribution in [0, 0.1) is 13.8 Å². The molecule has 0 saturated heterocycles. The predicted octanol–water partition coefficient (Wildman–Crippen LogP) is 5.48. The van der Waals surface area contributed by atoms with Gasteiger partial charge in [-0.2, -0.15) is 10.1 Å². The van der Waals surface area contributed by atoms with Crippen molar-refractivity contribution in [3.05, 3.63) is 119 Å². The number of hydrogen-bond donors (Lipinski definition) is 1. The zero-order valence-electron chi connectivity index (χ0n) is 20.3. The summed E-state index contributed by atoms with van der Waals surface area (Å²) < 4.78 is 3.86. The predicted molar refractivity (Wildman–Crippen MR) is 140 cm³/mol. The van der Waals surface area contributed by atoms with E-state index in [0.717, 1.165) is 28.6 Å². The number of rotatable bonds is 3. The van der Waals surface area contributed by atoms with Gasteiger partial charge in [-0.3, -0.25) is 5.10 Å². The molecule has 3 aromatic carbocycles. The van der Waals surface area contributed by atoms with Crippen molar-refractivity contribution < 1.29 is 4.58 Å². The maximum Gasteiger partial charge on any atom is 0.479 e. The number of aromatic amines is 1. The average Bonchev–Trinajstić information content (AvgIpc) is 3.60. The van der Waals surface area contributed by atoms with Crippen molar-refractivity contribution in [3.8, 4) is 11.1 Å². The van der Waals surface area contributed by atoms with Crippen LogP contribution in [0.2, 0.25) is 0 Å². The highest BCUT2D eigenvalue weighted by atomic mass is 15.2. The quantitative estimate of drug-likeness (QED) is 0.350. The molecule has 0 amide bonds. The number of benzene rings is 3.